The molecule has 0 spiro atoms. The van der Waals surface area contributed by atoms with E-state index in [1.54, 1.807) is 36.4 Å². The summed E-state index contributed by atoms with van der Waals surface area (Å²) in [6.45, 7) is 4.25. The topological polar surface area (TPSA) is 130 Å². The lowest BCUT2D eigenvalue weighted by atomic mass is 10.1. The first kappa shape index (κ1) is 24.6. The van der Waals surface area contributed by atoms with Crippen molar-refractivity contribution < 1.29 is 22.5 Å². The van der Waals surface area contributed by atoms with Gasteiger partial charge in [-0.2, -0.15) is 0 Å². The molecule has 0 atom stereocenters. The first-order valence-corrected chi connectivity index (χ1v) is 12.9. The molecule has 1 aromatic heterocycles. The Morgan fingerprint density at radius 2 is 1.89 bits per heavy atom. The Kier molecular flexibility index (Phi) is 7.32. The lowest BCUT2D eigenvalue weighted by Crippen LogP contribution is -2.26. The molecule has 0 radical (unpaired) electrons. The van der Waals surface area contributed by atoms with Gasteiger partial charge in [0, 0.05) is 36.3 Å². The van der Waals surface area contributed by atoms with Gasteiger partial charge < -0.3 is 15.2 Å². The fourth-order valence-corrected chi connectivity index (χ4v) is 5.08. The number of carbonyl (C=O) groups is 2. The maximum Gasteiger partial charge on any atom is 0.251 e. The largest absolute Gasteiger partial charge is 0.361 e. The fourth-order valence-electron chi connectivity index (χ4n) is 4.02. The first-order valence-electron chi connectivity index (χ1n) is 11.4. The normalized spacial score (nSPS) is 13.6. The van der Waals surface area contributed by atoms with E-state index in [4.69, 9.17) is 4.52 Å². The highest BCUT2D eigenvalue weighted by atomic mass is 32.2. The van der Waals surface area contributed by atoms with Gasteiger partial charge in [-0.3, -0.25) is 9.59 Å². The standard InChI is InChI=1S/C25H28N4O5S/c1-16-22(17(2)34-29-16)12-13-26-25(31)19-8-6-18(7-9-19)15-27-35(32,33)21-10-11-23-20(14-21)4-3-5-24(30)28-23/h6-11,14,27H,3-5,12-13,15H2,1-2H3,(H,26,31)(H,28,30). The lowest BCUT2D eigenvalue weighted by Gasteiger charge is -2.11. The van der Waals surface area contributed by atoms with Gasteiger partial charge in [0.1, 0.15) is 5.76 Å². The molecule has 0 saturated carbocycles. The highest BCUT2D eigenvalue weighted by Gasteiger charge is 2.19. The van der Waals surface area contributed by atoms with Crippen LogP contribution in [0.4, 0.5) is 5.69 Å². The molecule has 35 heavy (non-hydrogen) atoms. The molecule has 2 amide bonds. The van der Waals surface area contributed by atoms with Crippen molar-refractivity contribution in [3.05, 3.63) is 76.2 Å². The second-order valence-corrected chi connectivity index (χ2v) is 10.3. The molecular weight excluding hydrogens is 468 g/mol. The summed E-state index contributed by atoms with van der Waals surface area (Å²) in [5.41, 5.74) is 4.50. The summed E-state index contributed by atoms with van der Waals surface area (Å²) in [6, 6.07) is 11.5. The van der Waals surface area contributed by atoms with E-state index in [0.29, 0.717) is 43.5 Å². The third-order valence-electron chi connectivity index (χ3n) is 6.04. The Labute approximate surface area is 204 Å². The number of hydrogen-bond acceptors (Lipinski definition) is 6. The Balaban J connectivity index is 1.32. The Bertz CT molecular complexity index is 1330. The monoisotopic (exact) mass is 496 g/mol. The third kappa shape index (κ3) is 5.95. The van der Waals surface area contributed by atoms with E-state index in [-0.39, 0.29) is 23.3 Å². The van der Waals surface area contributed by atoms with Crippen molar-refractivity contribution in [1.29, 1.82) is 0 Å². The number of fused-ring (bicyclic) bond motifs is 1. The molecule has 184 valence electrons. The van der Waals surface area contributed by atoms with Crippen LogP contribution in [-0.2, 0) is 34.2 Å². The average molecular weight is 497 g/mol. The van der Waals surface area contributed by atoms with Gasteiger partial charge in [-0.1, -0.05) is 17.3 Å². The van der Waals surface area contributed by atoms with Crippen LogP contribution >= 0.6 is 0 Å². The van der Waals surface area contributed by atoms with Crippen molar-refractivity contribution in [2.24, 2.45) is 0 Å². The highest BCUT2D eigenvalue weighted by molar-refractivity contribution is 7.89. The summed E-state index contributed by atoms with van der Waals surface area (Å²) in [6.07, 6.45) is 2.36. The van der Waals surface area contributed by atoms with Crippen molar-refractivity contribution in [1.82, 2.24) is 15.2 Å². The Morgan fingerprint density at radius 3 is 2.60 bits per heavy atom. The molecule has 0 saturated heterocycles. The Hall–Kier alpha value is -3.50. The van der Waals surface area contributed by atoms with Crippen LogP contribution in [0.15, 0.2) is 51.9 Å². The van der Waals surface area contributed by atoms with Gasteiger partial charge in [0.15, 0.2) is 0 Å². The molecule has 0 fully saturated rings. The van der Waals surface area contributed by atoms with Crippen molar-refractivity contribution in [3.8, 4) is 0 Å². The number of benzene rings is 2. The molecular formula is C25H28N4O5S. The van der Waals surface area contributed by atoms with Crippen LogP contribution in [0.5, 0.6) is 0 Å². The molecule has 0 unspecified atom stereocenters. The van der Waals surface area contributed by atoms with Crippen molar-refractivity contribution in [2.45, 2.75) is 51.0 Å². The predicted molar refractivity (Wildman–Crippen MR) is 130 cm³/mol. The van der Waals surface area contributed by atoms with Crippen LogP contribution in [0, 0.1) is 13.8 Å². The van der Waals surface area contributed by atoms with E-state index in [1.165, 1.54) is 6.07 Å². The molecule has 9 nitrogen and oxygen atoms in total. The number of hydrogen-bond donors (Lipinski definition) is 3. The van der Waals surface area contributed by atoms with E-state index in [0.717, 1.165) is 28.1 Å². The number of aromatic nitrogens is 1. The van der Waals surface area contributed by atoms with Crippen LogP contribution in [0.25, 0.3) is 0 Å². The van der Waals surface area contributed by atoms with Gasteiger partial charge in [-0.25, -0.2) is 13.1 Å². The number of rotatable bonds is 8. The van der Waals surface area contributed by atoms with Gasteiger partial charge >= 0.3 is 0 Å². The van der Waals surface area contributed by atoms with Crippen LogP contribution in [0.2, 0.25) is 0 Å². The molecule has 3 aromatic rings. The zero-order valence-corrected chi connectivity index (χ0v) is 20.5. The fraction of sp³-hybridized carbons (Fsp3) is 0.320. The molecule has 0 bridgehead atoms. The average Bonchev–Trinajstić information content (AvgIpc) is 3.03. The minimum atomic E-state index is -3.74. The van der Waals surface area contributed by atoms with E-state index in [2.05, 4.69) is 20.5 Å². The molecule has 0 aliphatic carbocycles. The summed E-state index contributed by atoms with van der Waals surface area (Å²) in [4.78, 5) is 24.3. The van der Waals surface area contributed by atoms with Gasteiger partial charge in [0.2, 0.25) is 15.9 Å². The second kappa shape index (κ2) is 10.4. The van der Waals surface area contributed by atoms with Crippen LogP contribution < -0.4 is 15.4 Å². The van der Waals surface area contributed by atoms with Gasteiger partial charge in [-0.05, 0) is 74.6 Å². The van der Waals surface area contributed by atoms with Crippen molar-refractivity contribution in [2.75, 3.05) is 11.9 Å². The number of sulfonamides is 1. The van der Waals surface area contributed by atoms with Crippen molar-refractivity contribution >= 4 is 27.5 Å². The maximum absolute atomic E-state index is 12.8. The number of anilines is 1. The third-order valence-corrected chi connectivity index (χ3v) is 7.43. The summed E-state index contributed by atoms with van der Waals surface area (Å²) >= 11 is 0. The van der Waals surface area contributed by atoms with E-state index >= 15 is 0 Å². The lowest BCUT2D eigenvalue weighted by molar-refractivity contribution is -0.116. The van der Waals surface area contributed by atoms with E-state index in [9.17, 15) is 18.0 Å². The van der Waals surface area contributed by atoms with Crippen LogP contribution in [-0.4, -0.2) is 31.9 Å². The quantitative estimate of drug-likeness (QED) is 0.439. The molecule has 4 rings (SSSR count). The number of nitrogens with one attached hydrogen (secondary N) is 3. The highest BCUT2D eigenvalue weighted by Crippen LogP contribution is 2.25. The summed E-state index contributed by atoms with van der Waals surface area (Å²) in [5.74, 6) is 0.484. The smallest absolute Gasteiger partial charge is 0.251 e. The SMILES string of the molecule is Cc1noc(C)c1CCNC(=O)c1ccc(CNS(=O)(=O)c2ccc3c(c2)CCCC(=O)N3)cc1. The van der Waals surface area contributed by atoms with Crippen LogP contribution in [0.3, 0.4) is 0 Å². The number of aryl methyl sites for hydroxylation is 3. The molecule has 10 heteroatoms. The molecule has 1 aliphatic rings. The van der Waals surface area contributed by atoms with E-state index < -0.39 is 10.0 Å². The van der Waals surface area contributed by atoms with Crippen LogP contribution in [0.1, 0.15) is 51.3 Å². The van der Waals surface area contributed by atoms with Gasteiger partial charge in [-0.15, -0.1) is 0 Å². The zero-order chi connectivity index (χ0) is 25.0. The molecule has 2 heterocycles. The minimum Gasteiger partial charge on any atom is -0.361 e. The second-order valence-electron chi connectivity index (χ2n) is 8.55. The molecule has 3 N–H and O–H groups in total. The van der Waals surface area contributed by atoms with Crippen molar-refractivity contribution in [3.63, 3.8) is 0 Å². The minimum absolute atomic E-state index is 0.0601. The van der Waals surface area contributed by atoms with Gasteiger partial charge in [0.25, 0.3) is 5.91 Å². The zero-order valence-electron chi connectivity index (χ0n) is 19.7. The van der Waals surface area contributed by atoms with Gasteiger partial charge in [0.05, 0.1) is 10.6 Å². The first-order chi connectivity index (χ1) is 16.7. The van der Waals surface area contributed by atoms with E-state index in [1.807, 2.05) is 13.8 Å². The maximum atomic E-state index is 12.8. The predicted octanol–water partition coefficient (Wildman–Crippen LogP) is 3.02. The summed E-state index contributed by atoms with van der Waals surface area (Å²) in [7, 11) is -3.74. The number of carbonyl (C=O) groups excluding carboxylic acids is 2. The summed E-state index contributed by atoms with van der Waals surface area (Å²) in [5, 5.41) is 9.59. The Morgan fingerprint density at radius 1 is 1.11 bits per heavy atom. The molecule has 1 aliphatic heterocycles. The number of amides is 2. The number of nitrogens with zero attached hydrogens (tertiary/aromatic N) is 1. The molecule has 2 aromatic carbocycles. The summed E-state index contributed by atoms with van der Waals surface area (Å²) < 4.78 is 33.3.